The summed E-state index contributed by atoms with van der Waals surface area (Å²) in [5, 5.41) is 11.6. The molecule has 1 aliphatic heterocycles. The molecule has 1 unspecified atom stereocenters. The van der Waals surface area contributed by atoms with Crippen LogP contribution in [0.5, 0.6) is 0 Å². The van der Waals surface area contributed by atoms with Crippen LogP contribution in [0, 0.1) is 0 Å². The molecule has 0 saturated carbocycles. The fraction of sp³-hybridized carbons (Fsp3) is 0.500. The molecule has 0 aromatic heterocycles. The third-order valence-corrected chi connectivity index (χ3v) is 3.57. The van der Waals surface area contributed by atoms with Crippen molar-refractivity contribution >= 4 is 12.1 Å². The van der Waals surface area contributed by atoms with Crippen molar-refractivity contribution in [2.45, 2.75) is 44.4 Å². The zero-order valence-corrected chi connectivity index (χ0v) is 12.4. The molecule has 1 saturated heterocycles. The maximum absolute atomic E-state index is 11.9. The molecule has 120 valence electrons. The summed E-state index contributed by atoms with van der Waals surface area (Å²) in [4.78, 5) is 22.8. The van der Waals surface area contributed by atoms with Crippen LogP contribution in [-0.2, 0) is 20.9 Å². The van der Waals surface area contributed by atoms with Crippen LogP contribution in [0.3, 0.4) is 0 Å². The second kappa shape index (κ2) is 8.38. The van der Waals surface area contributed by atoms with Gasteiger partial charge >= 0.3 is 12.1 Å². The molecule has 0 spiro atoms. The van der Waals surface area contributed by atoms with Crippen molar-refractivity contribution < 1.29 is 24.2 Å². The summed E-state index contributed by atoms with van der Waals surface area (Å²) in [5.74, 6) is -0.970. The van der Waals surface area contributed by atoms with Gasteiger partial charge in [0.15, 0.2) is 0 Å². The monoisotopic (exact) mass is 307 g/mol. The number of carbonyl (C=O) groups excluding carboxylic acids is 1. The number of ether oxygens (including phenoxy) is 2. The molecular weight excluding hydrogens is 286 g/mol. The van der Waals surface area contributed by atoms with E-state index in [0.29, 0.717) is 6.61 Å². The predicted molar refractivity (Wildman–Crippen MR) is 79.4 cm³/mol. The Morgan fingerprint density at radius 1 is 1.32 bits per heavy atom. The zero-order chi connectivity index (χ0) is 15.8. The highest BCUT2D eigenvalue weighted by Gasteiger charge is 2.28. The fourth-order valence-corrected chi connectivity index (χ4v) is 2.46. The highest BCUT2D eigenvalue weighted by molar-refractivity contribution is 5.71. The summed E-state index contributed by atoms with van der Waals surface area (Å²) in [6.45, 7) is 0.750. The minimum absolute atomic E-state index is 0.151. The number of aliphatic carboxylic acids is 1. The standard InChI is InChI=1S/C16H21NO5/c18-15(19)10-13(14-8-4-5-9-21-14)17-16(20)22-11-12-6-2-1-3-7-12/h1-3,6-7,13-14H,4-5,8-11H2,(H,17,20)(H,18,19)/t13-,14?/m0/s1. The molecule has 1 heterocycles. The van der Waals surface area contributed by atoms with Gasteiger partial charge in [0.05, 0.1) is 18.6 Å². The minimum Gasteiger partial charge on any atom is -0.481 e. The van der Waals surface area contributed by atoms with E-state index in [4.69, 9.17) is 14.6 Å². The van der Waals surface area contributed by atoms with Gasteiger partial charge in [-0.3, -0.25) is 4.79 Å². The topological polar surface area (TPSA) is 84.9 Å². The van der Waals surface area contributed by atoms with Crippen LogP contribution in [0.2, 0.25) is 0 Å². The lowest BCUT2D eigenvalue weighted by Gasteiger charge is -2.29. The average molecular weight is 307 g/mol. The highest BCUT2D eigenvalue weighted by Crippen LogP contribution is 2.18. The van der Waals surface area contributed by atoms with Gasteiger partial charge in [-0.1, -0.05) is 30.3 Å². The van der Waals surface area contributed by atoms with Crippen LogP contribution in [0.4, 0.5) is 4.79 Å². The first-order chi connectivity index (χ1) is 10.6. The number of carboxylic acid groups (broad SMARTS) is 1. The molecule has 22 heavy (non-hydrogen) atoms. The Labute approximate surface area is 129 Å². The highest BCUT2D eigenvalue weighted by atomic mass is 16.5. The molecule has 2 N–H and O–H groups in total. The smallest absolute Gasteiger partial charge is 0.407 e. The van der Waals surface area contributed by atoms with E-state index in [2.05, 4.69) is 5.32 Å². The normalized spacial score (nSPS) is 19.2. The molecule has 1 aromatic rings. The van der Waals surface area contributed by atoms with E-state index in [1.807, 2.05) is 30.3 Å². The number of carboxylic acids is 1. The second-order valence-electron chi connectivity index (χ2n) is 5.32. The molecule has 1 fully saturated rings. The number of amides is 1. The number of hydrogen-bond acceptors (Lipinski definition) is 4. The molecular formula is C16H21NO5. The second-order valence-corrected chi connectivity index (χ2v) is 5.32. The Morgan fingerprint density at radius 3 is 2.73 bits per heavy atom. The van der Waals surface area contributed by atoms with Gasteiger partial charge in [-0.2, -0.15) is 0 Å². The maximum Gasteiger partial charge on any atom is 0.407 e. The predicted octanol–water partition coefficient (Wildman–Crippen LogP) is 2.33. The van der Waals surface area contributed by atoms with Gasteiger partial charge in [0, 0.05) is 6.61 Å². The van der Waals surface area contributed by atoms with Crippen molar-refractivity contribution in [2.24, 2.45) is 0 Å². The molecule has 1 amide bonds. The van der Waals surface area contributed by atoms with E-state index in [1.165, 1.54) is 0 Å². The first-order valence-corrected chi connectivity index (χ1v) is 7.46. The summed E-state index contributed by atoms with van der Waals surface area (Å²) in [6, 6.07) is 8.74. The number of rotatable bonds is 6. The first-order valence-electron chi connectivity index (χ1n) is 7.46. The van der Waals surface area contributed by atoms with Crippen LogP contribution in [0.1, 0.15) is 31.2 Å². The van der Waals surface area contributed by atoms with Crippen molar-refractivity contribution in [1.82, 2.24) is 5.32 Å². The quantitative estimate of drug-likeness (QED) is 0.842. The van der Waals surface area contributed by atoms with E-state index in [0.717, 1.165) is 24.8 Å². The third-order valence-electron chi connectivity index (χ3n) is 3.57. The van der Waals surface area contributed by atoms with Crippen LogP contribution >= 0.6 is 0 Å². The minimum atomic E-state index is -0.970. The number of nitrogens with one attached hydrogen (secondary N) is 1. The maximum atomic E-state index is 11.9. The average Bonchev–Trinajstić information content (AvgIpc) is 2.54. The number of hydrogen-bond donors (Lipinski definition) is 2. The molecule has 0 bridgehead atoms. The van der Waals surface area contributed by atoms with Gasteiger partial charge in [-0.15, -0.1) is 0 Å². The van der Waals surface area contributed by atoms with Gasteiger partial charge < -0.3 is 19.9 Å². The molecule has 6 nitrogen and oxygen atoms in total. The molecule has 1 aliphatic rings. The lowest BCUT2D eigenvalue weighted by Crippen LogP contribution is -2.47. The molecule has 6 heteroatoms. The van der Waals surface area contributed by atoms with Gasteiger partial charge in [-0.25, -0.2) is 4.79 Å². The first kappa shape index (κ1) is 16.3. The third kappa shape index (κ3) is 5.37. The summed E-state index contributed by atoms with van der Waals surface area (Å²) >= 11 is 0. The Morgan fingerprint density at radius 2 is 2.09 bits per heavy atom. The summed E-state index contributed by atoms with van der Waals surface area (Å²) < 4.78 is 10.7. The van der Waals surface area contributed by atoms with Gasteiger partial charge in [0.1, 0.15) is 6.61 Å². The summed E-state index contributed by atoms with van der Waals surface area (Å²) in [7, 11) is 0. The molecule has 0 radical (unpaired) electrons. The van der Waals surface area contributed by atoms with Crippen LogP contribution in [0.25, 0.3) is 0 Å². The van der Waals surface area contributed by atoms with Crippen molar-refractivity contribution in [3.8, 4) is 0 Å². The van der Waals surface area contributed by atoms with E-state index >= 15 is 0 Å². The van der Waals surface area contributed by atoms with Gasteiger partial charge in [-0.05, 0) is 24.8 Å². The van der Waals surface area contributed by atoms with Gasteiger partial charge in [0.25, 0.3) is 0 Å². The Bertz CT molecular complexity index is 485. The summed E-state index contributed by atoms with van der Waals surface area (Å²) in [6.07, 6.45) is 1.62. The van der Waals surface area contributed by atoms with Crippen molar-refractivity contribution in [1.29, 1.82) is 0 Å². The molecule has 0 aliphatic carbocycles. The number of alkyl carbamates (subject to hydrolysis) is 1. The number of carbonyl (C=O) groups is 2. The van der Waals surface area contributed by atoms with E-state index < -0.39 is 18.1 Å². The lowest BCUT2D eigenvalue weighted by atomic mass is 10.00. The van der Waals surface area contributed by atoms with E-state index in [-0.39, 0.29) is 19.1 Å². The lowest BCUT2D eigenvalue weighted by molar-refractivity contribution is -0.138. The Kier molecular flexibility index (Phi) is 6.21. The van der Waals surface area contributed by atoms with Gasteiger partial charge in [0.2, 0.25) is 0 Å². The largest absolute Gasteiger partial charge is 0.481 e. The molecule has 2 rings (SSSR count). The summed E-state index contributed by atoms with van der Waals surface area (Å²) in [5.41, 5.74) is 0.876. The van der Waals surface area contributed by atoms with E-state index in [9.17, 15) is 9.59 Å². The van der Waals surface area contributed by atoms with Crippen LogP contribution in [-0.4, -0.2) is 35.9 Å². The number of benzene rings is 1. The Balaban J connectivity index is 1.85. The molecule has 1 aromatic carbocycles. The van der Waals surface area contributed by atoms with E-state index in [1.54, 1.807) is 0 Å². The molecule has 2 atom stereocenters. The van der Waals surface area contributed by atoms with Crippen LogP contribution in [0.15, 0.2) is 30.3 Å². The van der Waals surface area contributed by atoms with Crippen molar-refractivity contribution in [3.63, 3.8) is 0 Å². The SMILES string of the molecule is O=C(O)C[C@H](NC(=O)OCc1ccccc1)C1CCCCO1. The van der Waals surface area contributed by atoms with Crippen LogP contribution < -0.4 is 5.32 Å². The fourth-order valence-electron chi connectivity index (χ4n) is 2.46. The van der Waals surface area contributed by atoms with Crippen molar-refractivity contribution in [3.05, 3.63) is 35.9 Å². The Hall–Kier alpha value is -2.08. The van der Waals surface area contributed by atoms with Crippen molar-refractivity contribution in [2.75, 3.05) is 6.61 Å². The zero-order valence-electron chi connectivity index (χ0n) is 12.4.